The highest BCUT2D eigenvalue weighted by Gasteiger charge is 2.45. The molecule has 3 aliphatic rings. The maximum Gasteiger partial charge on any atom is 0.0502 e. The maximum atomic E-state index is 2.57. The number of rotatable bonds is 7. The van der Waals surface area contributed by atoms with Crippen molar-refractivity contribution in [2.45, 2.75) is 70.1 Å². The van der Waals surface area contributed by atoms with Gasteiger partial charge in [-0.25, -0.2) is 0 Å². The summed E-state index contributed by atoms with van der Waals surface area (Å²) in [5, 5.41) is 0. The second kappa shape index (κ2) is 12.9. The first kappa shape index (κ1) is 33.7. The van der Waals surface area contributed by atoms with E-state index in [9.17, 15) is 0 Å². The molecule has 55 heavy (non-hydrogen) atoms. The molecular formula is C53H48N2. The lowest BCUT2D eigenvalue weighted by Gasteiger charge is -2.33. The molecule has 10 rings (SSSR count). The topological polar surface area (TPSA) is 6.48 Å². The second-order valence-corrected chi connectivity index (χ2v) is 16.7. The first-order valence-corrected chi connectivity index (χ1v) is 20.1. The van der Waals surface area contributed by atoms with Crippen molar-refractivity contribution >= 4 is 34.1 Å². The highest BCUT2D eigenvalue weighted by Crippen LogP contribution is 2.57. The molecule has 0 saturated heterocycles. The van der Waals surface area contributed by atoms with Gasteiger partial charge in [0.05, 0.1) is 5.69 Å². The van der Waals surface area contributed by atoms with E-state index in [0.29, 0.717) is 5.92 Å². The van der Waals surface area contributed by atoms with Crippen LogP contribution in [-0.2, 0) is 23.7 Å². The number of nitrogens with zero attached hydrogens (tertiary/aromatic N) is 2. The molecule has 7 aromatic rings. The predicted octanol–water partition coefficient (Wildman–Crippen LogP) is 14.2. The molecule has 2 heteroatoms. The molecule has 0 N–H and O–H groups in total. The van der Waals surface area contributed by atoms with Crippen molar-refractivity contribution in [2.75, 3.05) is 9.80 Å². The Labute approximate surface area is 326 Å². The zero-order chi connectivity index (χ0) is 37.3. The zero-order valence-corrected chi connectivity index (χ0v) is 32.4. The molecule has 270 valence electrons. The smallest absolute Gasteiger partial charge is 0.0502 e. The largest absolute Gasteiger partial charge is 0.310 e. The average Bonchev–Trinajstić information content (AvgIpc) is 3.86. The molecule has 3 aliphatic carbocycles. The molecule has 0 aromatic heterocycles. The monoisotopic (exact) mass is 712 g/mol. The zero-order valence-electron chi connectivity index (χ0n) is 32.4. The van der Waals surface area contributed by atoms with Crippen LogP contribution < -0.4 is 9.80 Å². The van der Waals surface area contributed by atoms with Crippen LogP contribution in [0.15, 0.2) is 164 Å². The van der Waals surface area contributed by atoms with Gasteiger partial charge in [-0.2, -0.15) is 0 Å². The number of aryl methyl sites for hydroxylation is 2. The number of anilines is 6. The molecule has 0 radical (unpaired) electrons. The standard InChI is InChI=1S/C53H48N2/c1-36(2)50-49(29-28-46-51(50)44-22-14-15-23-45(44)52(46,3)4)55(41-20-12-7-13-21-41)43-27-25-38-31-33-53(48(38)35-43)32-30-37-24-26-42(34-47(37)53)54(39-16-8-5-9-17-39)40-18-10-6-11-19-40/h5-29,34-36H,30-33H2,1-4H3/t53-/m1/s1. The van der Waals surface area contributed by atoms with Crippen LogP contribution in [0.1, 0.15) is 85.4 Å². The summed E-state index contributed by atoms with van der Waals surface area (Å²) in [5.41, 5.74) is 20.3. The molecule has 0 aliphatic heterocycles. The summed E-state index contributed by atoms with van der Waals surface area (Å²) in [5.74, 6) is 0.330. The number of hydrogen-bond donors (Lipinski definition) is 0. The van der Waals surface area contributed by atoms with E-state index in [-0.39, 0.29) is 10.8 Å². The Bertz CT molecular complexity index is 2510. The molecule has 7 aromatic carbocycles. The Balaban J connectivity index is 1.14. The van der Waals surface area contributed by atoms with Gasteiger partial charge in [0.25, 0.3) is 0 Å². The van der Waals surface area contributed by atoms with E-state index in [0.717, 1.165) is 25.7 Å². The molecule has 1 spiro atoms. The van der Waals surface area contributed by atoms with Gasteiger partial charge in [-0.05, 0) is 148 Å². The van der Waals surface area contributed by atoms with Crippen molar-refractivity contribution in [1.82, 2.24) is 0 Å². The molecule has 0 amide bonds. The van der Waals surface area contributed by atoms with Gasteiger partial charge < -0.3 is 9.80 Å². The molecule has 2 nitrogen and oxygen atoms in total. The van der Waals surface area contributed by atoms with Gasteiger partial charge in [-0.15, -0.1) is 0 Å². The van der Waals surface area contributed by atoms with Crippen molar-refractivity contribution in [1.29, 1.82) is 0 Å². The Morgan fingerprint density at radius 1 is 0.455 bits per heavy atom. The van der Waals surface area contributed by atoms with Crippen molar-refractivity contribution < 1.29 is 0 Å². The van der Waals surface area contributed by atoms with Crippen LogP contribution in [0.2, 0.25) is 0 Å². The normalized spacial score (nSPS) is 17.2. The summed E-state index contributed by atoms with van der Waals surface area (Å²) >= 11 is 0. The van der Waals surface area contributed by atoms with Gasteiger partial charge in [0, 0.05) is 39.3 Å². The number of fused-ring (bicyclic) bond motifs is 7. The molecule has 0 fully saturated rings. The van der Waals surface area contributed by atoms with Gasteiger partial charge in [0.15, 0.2) is 0 Å². The van der Waals surface area contributed by atoms with Crippen molar-refractivity contribution in [2.24, 2.45) is 0 Å². The fraction of sp³-hybridized carbons (Fsp3) is 0.208. The first-order chi connectivity index (χ1) is 26.8. The van der Waals surface area contributed by atoms with Gasteiger partial charge in [-0.3, -0.25) is 0 Å². The quantitative estimate of drug-likeness (QED) is 0.162. The van der Waals surface area contributed by atoms with Gasteiger partial charge in [0.1, 0.15) is 0 Å². The van der Waals surface area contributed by atoms with Crippen LogP contribution in [0.25, 0.3) is 11.1 Å². The van der Waals surface area contributed by atoms with E-state index in [1.807, 2.05) is 0 Å². The Kier molecular flexibility index (Phi) is 7.89. The third kappa shape index (κ3) is 5.22. The first-order valence-electron chi connectivity index (χ1n) is 20.1. The van der Waals surface area contributed by atoms with Crippen LogP contribution in [0.4, 0.5) is 34.1 Å². The predicted molar refractivity (Wildman–Crippen MR) is 231 cm³/mol. The van der Waals surface area contributed by atoms with Crippen LogP contribution in [0.5, 0.6) is 0 Å². The fourth-order valence-corrected chi connectivity index (χ4v) is 10.4. The van der Waals surface area contributed by atoms with Crippen LogP contribution in [0, 0.1) is 0 Å². The minimum atomic E-state index is -0.0447. The minimum Gasteiger partial charge on any atom is -0.310 e. The summed E-state index contributed by atoms with van der Waals surface area (Å²) < 4.78 is 0. The Morgan fingerprint density at radius 2 is 0.945 bits per heavy atom. The maximum absolute atomic E-state index is 2.57. The molecule has 0 heterocycles. The van der Waals surface area contributed by atoms with Gasteiger partial charge >= 0.3 is 0 Å². The van der Waals surface area contributed by atoms with E-state index in [1.54, 1.807) is 0 Å². The second-order valence-electron chi connectivity index (χ2n) is 16.7. The Morgan fingerprint density at radius 3 is 1.49 bits per heavy atom. The number of para-hydroxylation sites is 3. The van der Waals surface area contributed by atoms with Gasteiger partial charge in [-0.1, -0.05) is 125 Å². The summed E-state index contributed by atoms with van der Waals surface area (Å²) in [4.78, 5) is 4.96. The molecule has 0 bridgehead atoms. The lowest BCUT2D eigenvalue weighted by atomic mass is 9.76. The lowest BCUT2D eigenvalue weighted by molar-refractivity contribution is 0.507. The highest BCUT2D eigenvalue weighted by molar-refractivity contribution is 5.91. The van der Waals surface area contributed by atoms with Gasteiger partial charge in [0.2, 0.25) is 0 Å². The van der Waals surface area contributed by atoms with Crippen molar-refractivity contribution in [3.05, 3.63) is 203 Å². The van der Waals surface area contributed by atoms with E-state index in [1.165, 1.54) is 84.2 Å². The Hall–Kier alpha value is -5.86. The summed E-state index contributed by atoms with van der Waals surface area (Å²) in [6.45, 7) is 9.52. The summed E-state index contributed by atoms with van der Waals surface area (Å²) in [7, 11) is 0. The van der Waals surface area contributed by atoms with E-state index in [4.69, 9.17) is 0 Å². The summed E-state index contributed by atoms with van der Waals surface area (Å²) in [6.07, 6.45) is 4.50. The van der Waals surface area contributed by atoms with Crippen LogP contribution in [0.3, 0.4) is 0 Å². The SMILES string of the molecule is CC(C)c1c(N(c2ccccc2)c2ccc3c(c2)[C@]2(CCc4ccc(N(c5ccccc5)c5ccccc5)cc42)CC3)ccc2c1-c1ccccc1C2(C)C. The van der Waals surface area contributed by atoms with Crippen molar-refractivity contribution in [3.63, 3.8) is 0 Å². The highest BCUT2D eigenvalue weighted by atomic mass is 15.1. The third-order valence-corrected chi connectivity index (χ3v) is 13.0. The third-order valence-electron chi connectivity index (χ3n) is 13.0. The lowest BCUT2D eigenvalue weighted by Crippen LogP contribution is -2.22. The average molecular weight is 713 g/mol. The number of benzene rings is 7. The summed E-state index contributed by atoms with van der Waals surface area (Å²) in [6, 6.07) is 61.2. The van der Waals surface area contributed by atoms with E-state index in [2.05, 4.69) is 201 Å². The molecule has 1 atom stereocenters. The van der Waals surface area contributed by atoms with E-state index >= 15 is 0 Å². The molecule has 0 saturated carbocycles. The minimum absolute atomic E-state index is 0.0140. The molecular weight excluding hydrogens is 665 g/mol. The van der Waals surface area contributed by atoms with Crippen LogP contribution >= 0.6 is 0 Å². The fourth-order valence-electron chi connectivity index (χ4n) is 10.4. The van der Waals surface area contributed by atoms with E-state index < -0.39 is 0 Å². The number of hydrogen-bond acceptors (Lipinski definition) is 2. The molecule has 0 unspecified atom stereocenters. The van der Waals surface area contributed by atoms with Crippen LogP contribution in [-0.4, -0.2) is 0 Å². The van der Waals surface area contributed by atoms with Crippen molar-refractivity contribution in [3.8, 4) is 11.1 Å².